The SMILES string of the molecule is O=S(=O)(CCc1ccnc2ccccc12)c1cccc(Cc2ccccc2)c1. The van der Waals surface area contributed by atoms with Crippen molar-refractivity contribution in [1.29, 1.82) is 0 Å². The first-order valence-corrected chi connectivity index (χ1v) is 11.0. The van der Waals surface area contributed by atoms with Crippen LogP contribution in [0, 0.1) is 0 Å². The number of pyridine rings is 1. The number of para-hydroxylation sites is 1. The van der Waals surface area contributed by atoms with Crippen LogP contribution in [0.25, 0.3) is 10.9 Å². The summed E-state index contributed by atoms with van der Waals surface area (Å²) in [5, 5.41) is 1.01. The van der Waals surface area contributed by atoms with E-state index in [-0.39, 0.29) is 5.75 Å². The standard InChI is InChI=1S/C24H21NO2S/c26-28(27,16-14-21-13-15-25-24-12-5-4-11-23(21)24)22-10-6-9-20(18-22)17-19-7-2-1-3-8-19/h1-13,15,18H,14,16-17H2. The highest BCUT2D eigenvalue weighted by Gasteiger charge is 2.16. The quantitative estimate of drug-likeness (QED) is 0.475. The number of rotatable bonds is 6. The van der Waals surface area contributed by atoms with E-state index in [1.807, 2.05) is 60.7 Å². The van der Waals surface area contributed by atoms with Gasteiger partial charge >= 0.3 is 0 Å². The van der Waals surface area contributed by atoms with Crippen molar-refractivity contribution in [3.8, 4) is 0 Å². The lowest BCUT2D eigenvalue weighted by molar-refractivity contribution is 0.595. The van der Waals surface area contributed by atoms with E-state index < -0.39 is 9.84 Å². The maximum absolute atomic E-state index is 12.9. The number of nitrogens with zero attached hydrogens (tertiary/aromatic N) is 1. The molecule has 0 amide bonds. The normalized spacial score (nSPS) is 11.6. The van der Waals surface area contributed by atoms with E-state index in [9.17, 15) is 8.42 Å². The Hall–Kier alpha value is -2.98. The molecule has 0 fully saturated rings. The molecule has 0 aliphatic heterocycles. The molecule has 4 heteroatoms. The Labute approximate surface area is 165 Å². The van der Waals surface area contributed by atoms with E-state index >= 15 is 0 Å². The molecule has 28 heavy (non-hydrogen) atoms. The minimum atomic E-state index is -3.36. The van der Waals surface area contributed by atoms with Gasteiger partial charge in [-0.05, 0) is 53.8 Å². The number of aromatic nitrogens is 1. The lowest BCUT2D eigenvalue weighted by Gasteiger charge is -2.09. The van der Waals surface area contributed by atoms with Gasteiger partial charge in [-0.25, -0.2) is 8.42 Å². The summed E-state index contributed by atoms with van der Waals surface area (Å²) in [6.45, 7) is 0. The second kappa shape index (κ2) is 7.95. The van der Waals surface area contributed by atoms with Gasteiger partial charge in [0.1, 0.15) is 0 Å². The maximum atomic E-state index is 12.9. The first-order chi connectivity index (χ1) is 13.6. The second-order valence-corrected chi connectivity index (χ2v) is 8.98. The highest BCUT2D eigenvalue weighted by molar-refractivity contribution is 7.91. The summed E-state index contributed by atoms with van der Waals surface area (Å²) in [7, 11) is -3.36. The van der Waals surface area contributed by atoms with Gasteiger partial charge in [0.25, 0.3) is 0 Å². The lowest BCUT2D eigenvalue weighted by Crippen LogP contribution is -2.10. The Bertz CT molecular complexity index is 1200. The van der Waals surface area contributed by atoms with Crippen LogP contribution >= 0.6 is 0 Å². The van der Waals surface area contributed by atoms with Gasteiger partial charge in [0, 0.05) is 11.6 Å². The van der Waals surface area contributed by atoms with Crippen molar-refractivity contribution >= 4 is 20.7 Å². The van der Waals surface area contributed by atoms with Gasteiger partial charge in [-0.1, -0.05) is 60.7 Å². The van der Waals surface area contributed by atoms with Crippen LogP contribution in [-0.2, 0) is 22.7 Å². The Morgan fingerprint density at radius 3 is 2.36 bits per heavy atom. The predicted molar refractivity (Wildman–Crippen MR) is 113 cm³/mol. The fourth-order valence-electron chi connectivity index (χ4n) is 3.42. The molecule has 3 aromatic carbocycles. The molecule has 0 saturated carbocycles. The largest absolute Gasteiger partial charge is 0.256 e. The summed E-state index contributed by atoms with van der Waals surface area (Å²) in [6, 6.07) is 27.1. The van der Waals surface area contributed by atoms with Gasteiger partial charge in [-0.2, -0.15) is 0 Å². The van der Waals surface area contributed by atoms with Crippen molar-refractivity contribution in [2.75, 3.05) is 5.75 Å². The van der Waals surface area contributed by atoms with E-state index in [4.69, 9.17) is 0 Å². The van der Waals surface area contributed by atoms with Crippen LogP contribution in [0.5, 0.6) is 0 Å². The van der Waals surface area contributed by atoms with Gasteiger partial charge in [0.05, 0.1) is 16.2 Å². The van der Waals surface area contributed by atoms with Crippen LogP contribution in [0.4, 0.5) is 0 Å². The molecule has 140 valence electrons. The van der Waals surface area contributed by atoms with Crippen LogP contribution in [-0.4, -0.2) is 19.2 Å². The molecule has 0 saturated heterocycles. The smallest absolute Gasteiger partial charge is 0.178 e. The van der Waals surface area contributed by atoms with Crippen molar-refractivity contribution in [3.63, 3.8) is 0 Å². The molecular formula is C24H21NO2S. The molecule has 0 aliphatic rings. The zero-order valence-electron chi connectivity index (χ0n) is 15.5. The average molecular weight is 388 g/mol. The summed E-state index contributed by atoms with van der Waals surface area (Å²) in [6.07, 6.45) is 2.93. The molecule has 0 unspecified atom stereocenters. The fourth-order valence-corrected chi connectivity index (χ4v) is 4.76. The molecule has 0 N–H and O–H groups in total. The first kappa shape index (κ1) is 18.4. The molecule has 1 heterocycles. The Kier molecular flexibility index (Phi) is 5.22. The van der Waals surface area contributed by atoms with Crippen LogP contribution in [0.1, 0.15) is 16.7 Å². The first-order valence-electron chi connectivity index (χ1n) is 9.30. The molecular weight excluding hydrogens is 366 g/mol. The van der Waals surface area contributed by atoms with Gasteiger partial charge in [-0.3, -0.25) is 4.98 Å². The number of sulfone groups is 1. The number of hydrogen-bond acceptors (Lipinski definition) is 3. The number of fused-ring (bicyclic) bond motifs is 1. The van der Waals surface area contributed by atoms with Gasteiger partial charge in [0.15, 0.2) is 9.84 Å². The molecule has 0 aliphatic carbocycles. The van der Waals surface area contributed by atoms with Crippen molar-refractivity contribution in [1.82, 2.24) is 4.98 Å². The van der Waals surface area contributed by atoms with Crippen LogP contribution in [0.15, 0.2) is 96.0 Å². The highest BCUT2D eigenvalue weighted by atomic mass is 32.2. The molecule has 0 spiro atoms. The zero-order valence-corrected chi connectivity index (χ0v) is 16.3. The minimum Gasteiger partial charge on any atom is -0.256 e. The minimum absolute atomic E-state index is 0.0792. The zero-order chi connectivity index (χ0) is 19.4. The monoisotopic (exact) mass is 387 g/mol. The molecule has 4 aromatic rings. The summed E-state index contributed by atoms with van der Waals surface area (Å²) in [5.74, 6) is 0.0792. The van der Waals surface area contributed by atoms with E-state index in [1.54, 1.807) is 18.3 Å². The van der Waals surface area contributed by atoms with Crippen molar-refractivity contribution in [2.24, 2.45) is 0 Å². The summed E-state index contributed by atoms with van der Waals surface area (Å²) < 4.78 is 25.9. The highest BCUT2D eigenvalue weighted by Crippen LogP contribution is 2.20. The van der Waals surface area contributed by atoms with E-state index in [0.717, 1.165) is 28.5 Å². The fraction of sp³-hybridized carbons (Fsp3) is 0.125. The predicted octanol–water partition coefficient (Wildman–Crippen LogP) is 4.84. The van der Waals surface area contributed by atoms with Gasteiger partial charge in [0.2, 0.25) is 0 Å². The third kappa shape index (κ3) is 4.12. The summed E-state index contributed by atoms with van der Waals surface area (Å²) in [5.41, 5.74) is 4.07. The van der Waals surface area contributed by atoms with E-state index in [1.165, 1.54) is 5.56 Å². The Balaban J connectivity index is 1.54. The molecule has 0 radical (unpaired) electrons. The maximum Gasteiger partial charge on any atom is 0.178 e. The van der Waals surface area contributed by atoms with Gasteiger partial charge in [-0.15, -0.1) is 0 Å². The Morgan fingerprint density at radius 1 is 0.750 bits per heavy atom. The molecule has 0 bridgehead atoms. The van der Waals surface area contributed by atoms with Gasteiger partial charge < -0.3 is 0 Å². The van der Waals surface area contributed by atoms with E-state index in [0.29, 0.717) is 11.3 Å². The summed E-state index contributed by atoms with van der Waals surface area (Å²) >= 11 is 0. The van der Waals surface area contributed by atoms with E-state index in [2.05, 4.69) is 17.1 Å². The van der Waals surface area contributed by atoms with Crippen LogP contribution < -0.4 is 0 Å². The van der Waals surface area contributed by atoms with Crippen molar-refractivity contribution in [2.45, 2.75) is 17.7 Å². The van der Waals surface area contributed by atoms with Crippen LogP contribution in [0.2, 0.25) is 0 Å². The topological polar surface area (TPSA) is 47.0 Å². The number of benzene rings is 3. The number of hydrogen-bond donors (Lipinski definition) is 0. The molecule has 3 nitrogen and oxygen atoms in total. The summed E-state index contributed by atoms with van der Waals surface area (Å²) in [4.78, 5) is 4.73. The number of aryl methyl sites for hydroxylation is 1. The second-order valence-electron chi connectivity index (χ2n) is 6.87. The molecule has 1 aromatic heterocycles. The van der Waals surface area contributed by atoms with Crippen molar-refractivity contribution in [3.05, 3.63) is 108 Å². The Morgan fingerprint density at radius 2 is 1.50 bits per heavy atom. The molecule has 0 atom stereocenters. The van der Waals surface area contributed by atoms with Crippen LogP contribution in [0.3, 0.4) is 0 Å². The third-order valence-corrected chi connectivity index (χ3v) is 6.60. The lowest BCUT2D eigenvalue weighted by atomic mass is 10.1. The molecule has 4 rings (SSSR count). The average Bonchev–Trinajstić information content (AvgIpc) is 2.73. The third-order valence-electron chi connectivity index (χ3n) is 4.89. The van der Waals surface area contributed by atoms with Crippen molar-refractivity contribution < 1.29 is 8.42 Å².